The summed E-state index contributed by atoms with van der Waals surface area (Å²) >= 11 is 3.58. The van der Waals surface area contributed by atoms with Crippen LogP contribution in [0.5, 0.6) is 0 Å². The zero-order chi connectivity index (χ0) is 13.8. The van der Waals surface area contributed by atoms with Gasteiger partial charge in [0.1, 0.15) is 0 Å². The van der Waals surface area contributed by atoms with E-state index in [1.54, 1.807) is 6.92 Å². The van der Waals surface area contributed by atoms with E-state index in [1.165, 1.54) is 0 Å². The number of benzene rings is 1. The fourth-order valence-corrected chi connectivity index (χ4v) is 3.45. The van der Waals surface area contributed by atoms with Crippen LogP contribution < -0.4 is 11.2 Å². The third kappa shape index (κ3) is 3.76. The van der Waals surface area contributed by atoms with Gasteiger partial charge in [-0.25, -0.2) is 0 Å². The molecule has 2 rings (SSSR count). The van der Waals surface area contributed by atoms with Crippen LogP contribution in [0.25, 0.3) is 10.1 Å². The molecular formula is C12H11BrN4OSe. The molecule has 0 radical (unpaired) electrons. The van der Waals surface area contributed by atoms with E-state index in [4.69, 9.17) is 5.73 Å². The number of halogens is 1. The average molecular weight is 386 g/mol. The minimum absolute atomic E-state index is 0.173. The summed E-state index contributed by atoms with van der Waals surface area (Å²) in [5.74, 6) is 0. The van der Waals surface area contributed by atoms with Gasteiger partial charge in [-0.2, -0.15) is 0 Å². The predicted molar refractivity (Wildman–Crippen MR) is 79.2 cm³/mol. The second kappa shape index (κ2) is 6.14. The van der Waals surface area contributed by atoms with E-state index in [1.807, 2.05) is 29.2 Å². The van der Waals surface area contributed by atoms with E-state index >= 15 is 0 Å². The van der Waals surface area contributed by atoms with Crippen LogP contribution >= 0.6 is 15.9 Å². The number of hydrazone groups is 1. The molecule has 5 nitrogen and oxygen atoms in total. The molecule has 0 unspecified atom stereocenters. The van der Waals surface area contributed by atoms with Crippen molar-refractivity contribution in [3.05, 3.63) is 39.4 Å². The van der Waals surface area contributed by atoms with Crippen LogP contribution in [0.1, 0.15) is 12.6 Å². The molecule has 0 bridgehead atoms. The third-order valence-electron chi connectivity index (χ3n) is 2.30. The Bertz CT molecular complexity index is 621. The molecule has 1 aromatic carbocycles. The van der Waals surface area contributed by atoms with E-state index in [0.717, 1.165) is 20.3 Å². The molecule has 0 fully saturated rings. The van der Waals surface area contributed by atoms with Gasteiger partial charge >= 0.3 is 125 Å². The number of amides is 2. The molecule has 7 heteroatoms. The Balaban J connectivity index is 2.21. The summed E-state index contributed by atoms with van der Waals surface area (Å²) in [5, 5.41) is 3.87. The number of nitrogens with one attached hydrogen (secondary N) is 1. The fraction of sp³-hybridized carbons (Fsp3) is 0.0833. The van der Waals surface area contributed by atoms with Crippen LogP contribution in [0, 0.1) is 0 Å². The first kappa shape index (κ1) is 14.0. The van der Waals surface area contributed by atoms with Gasteiger partial charge in [-0.1, -0.05) is 0 Å². The molecule has 0 aliphatic heterocycles. The Morgan fingerprint density at radius 1 is 1.42 bits per heavy atom. The summed E-state index contributed by atoms with van der Waals surface area (Å²) in [6.45, 7) is 1.78. The van der Waals surface area contributed by atoms with Crippen molar-refractivity contribution in [1.82, 2.24) is 10.4 Å². The van der Waals surface area contributed by atoms with Crippen molar-refractivity contribution in [2.45, 2.75) is 6.92 Å². The average Bonchev–Trinajstić information content (AvgIpc) is 2.86. The Morgan fingerprint density at radius 3 is 2.74 bits per heavy atom. The second-order valence-corrected chi connectivity index (χ2v) is 6.43. The molecule has 2 amide bonds. The summed E-state index contributed by atoms with van der Waals surface area (Å²) in [4.78, 5) is 17.2. The normalized spacial score (nSPS) is 11.4. The molecule has 0 atom stereocenters. The van der Waals surface area contributed by atoms with E-state index in [0.29, 0.717) is 5.71 Å². The fourth-order valence-electron chi connectivity index (χ4n) is 1.36. The number of nitrogens with two attached hydrogens (primary N) is 1. The van der Waals surface area contributed by atoms with Crippen molar-refractivity contribution in [2.24, 2.45) is 10.8 Å². The molecule has 19 heavy (non-hydrogen) atoms. The zero-order valence-electron chi connectivity index (χ0n) is 10.1. The molecular weight excluding hydrogens is 375 g/mol. The monoisotopic (exact) mass is 386 g/mol. The Morgan fingerprint density at radius 2 is 2.11 bits per heavy atom. The van der Waals surface area contributed by atoms with Gasteiger partial charge in [0.05, 0.1) is 0 Å². The second-order valence-electron chi connectivity index (χ2n) is 3.72. The Hall–Kier alpha value is -1.43. The molecule has 2 aromatic rings. The SMILES string of the molecule is C/C(=N\NC(N)=O)c1c[se]c(-c2ccc(Br)cc2)n1. The number of nitrogens with zero attached hydrogens (tertiary/aromatic N) is 2. The van der Waals surface area contributed by atoms with Gasteiger partial charge in [-0.3, -0.25) is 0 Å². The van der Waals surface area contributed by atoms with Gasteiger partial charge in [0.25, 0.3) is 0 Å². The van der Waals surface area contributed by atoms with Gasteiger partial charge in [-0.15, -0.1) is 0 Å². The topological polar surface area (TPSA) is 80.4 Å². The number of aromatic nitrogens is 1. The van der Waals surface area contributed by atoms with Gasteiger partial charge in [0.15, 0.2) is 0 Å². The minimum atomic E-state index is -0.680. The molecule has 0 spiro atoms. The van der Waals surface area contributed by atoms with E-state index in [-0.39, 0.29) is 14.5 Å². The quantitative estimate of drug-likeness (QED) is 0.481. The number of primary amides is 1. The van der Waals surface area contributed by atoms with Crippen molar-refractivity contribution >= 4 is 42.2 Å². The van der Waals surface area contributed by atoms with Crippen molar-refractivity contribution < 1.29 is 4.79 Å². The summed E-state index contributed by atoms with van der Waals surface area (Å²) in [6, 6.07) is 7.34. The zero-order valence-corrected chi connectivity index (χ0v) is 13.4. The molecule has 0 saturated carbocycles. The van der Waals surface area contributed by atoms with Crippen molar-refractivity contribution in [3.63, 3.8) is 0 Å². The van der Waals surface area contributed by atoms with Crippen molar-refractivity contribution in [2.75, 3.05) is 0 Å². The predicted octanol–water partition coefficient (Wildman–Crippen LogP) is 1.96. The van der Waals surface area contributed by atoms with E-state index in [9.17, 15) is 4.79 Å². The molecule has 1 aromatic heterocycles. The molecule has 98 valence electrons. The molecule has 0 saturated heterocycles. The summed E-state index contributed by atoms with van der Waals surface area (Å²) < 4.78 is 2.09. The van der Waals surface area contributed by atoms with Crippen molar-refractivity contribution in [1.29, 1.82) is 0 Å². The van der Waals surface area contributed by atoms with Crippen LogP contribution in [-0.2, 0) is 0 Å². The number of urea groups is 1. The van der Waals surface area contributed by atoms with E-state index < -0.39 is 6.03 Å². The van der Waals surface area contributed by atoms with E-state index in [2.05, 4.69) is 31.4 Å². The Kier molecular flexibility index (Phi) is 4.52. The first-order valence-electron chi connectivity index (χ1n) is 5.38. The summed E-state index contributed by atoms with van der Waals surface area (Å²) in [5.41, 5.74) is 9.69. The summed E-state index contributed by atoms with van der Waals surface area (Å²) in [6.07, 6.45) is 0. The number of rotatable bonds is 3. The molecule has 0 aliphatic rings. The first-order chi connectivity index (χ1) is 9.06. The van der Waals surface area contributed by atoms with Gasteiger partial charge in [0, 0.05) is 0 Å². The van der Waals surface area contributed by atoms with Gasteiger partial charge in [0.2, 0.25) is 0 Å². The van der Waals surface area contributed by atoms with Crippen LogP contribution in [0.4, 0.5) is 4.79 Å². The molecule has 0 aliphatic carbocycles. The Labute approximate surface area is 124 Å². The van der Waals surface area contributed by atoms with Crippen molar-refractivity contribution in [3.8, 4) is 10.1 Å². The number of hydrogen-bond acceptors (Lipinski definition) is 3. The van der Waals surface area contributed by atoms with Crippen LogP contribution in [0.3, 0.4) is 0 Å². The van der Waals surface area contributed by atoms with Crippen LogP contribution in [0.15, 0.2) is 38.8 Å². The molecule has 3 N–H and O–H groups in total. The third-order valence-corrected chi connectivity index (χ3v) is 4.70. The first-order valence-corrected chi connectivity index (χ1v) is 8.01. The standard InChI is InChI=1S/C12H11BrN4OSe/c1-7(16-17-12(14)18)10-6-19-11(15-10)8-2-4-9(13)5-3-8/h2-6H,1H3,(H3,14,17,18)/b16-7+. The molecule has 1 heterocycles. The number of hydrogen-bond donors (Lipinski definition) is 2. The summed E-state index contributed by atoms with van der Waals surface area (Å²) in [7, 11) is 0. The number of carbonyl (C=O) groups is 1. The van der Waals surface area contributed by atoms with Crippen LogP contribution in [0.2, 0.25) is 0 Å². The number of carbonyl (C=O) groups excluding carboxylic acids is 1. The maximum atomic E-state index is 10.6. The maximum absolute atomic E-state index is 10.6. The van der Waals surface area contributed by atoms with Gasteiger partial charge in [-0.05, 0) is 0 Å². The van der Waals surface area contributed by atoms with Crippen LogP contribution in [-0.4, -0.2) is 31.2 Å². The van der Waals surface area contributed by atoms with Gasteiger partial charge < -0.3 is 0 Å².